The minimum absolute atomic E-state index is 0.545. The molecule has 3 N–H and O–H groups in total. The van der Waals surface area contributed by atoms with E-state index in [1.54, 1.807) is 13.3 Å². The highest BCUT2D eigenvalue weighted by atomic mass is 16.5. The number of benzene rings is 1. The molecule has 0 aliphatic carbocycles. The van der Waals surface area contributed by atoms with E-state index in [1.807, 2.05) is 25.4 Å². The Morgan fingerprint density at radius 1 is 1.28 bits per heavy atom. The molecule has 0 saturated heterocycles. The fraction of sp³-hybridized carbons (Fsp3) is 0.154. The zero-order valence-electron chi connectivity index (χ0n) is 10.3. The molecule has 2 aromatic heterocycles. The van der Waals surface area contributed by atoms with E-state index in [4.69, 9.17) is 10.5 Å². The van der Waals surface area contributed by atoms with Gasteiger partial charge in [-0.1, -0.05) is 0 Å². The van der Waals surface area contributed by atoms with Crippen molar-refractivity contribution in [2.24, 2.45) is 7.05 Å². The minimum Gasteiger partial charge on any atom is -0.495 e. The number of aromatic nitrogens is 3. The number of rotatable bonds is 2. The lowest BCUT2D eigenvalue weighted by Crippen LogP contribution is -1.93. The van der Waals surface area contributed by atoms with Gasteiger partial charge in [0.1, 0.15) is 11.6 Å². The lowest BCUT2D eigenvalue weighted by molar-refractivity contribution is 0.421. The molecule has 0 radical (unpaired) electrons. The third-order valence-corrected chi connectivity index (χ3v) is 3.18. The maximum atomic E-state index is 5.87. The number of anilines is 1. The molecule has 92 valence electrons. The lowest BCUT2D eigenvalue weighted by atomic mass is 10.0. The molecule has 5 nitrogen and oxygen atoms in total. The number of nitrogen functional groups attached to an aromatic ring is 1. The first-order valence-electron chi connectivity index (χ1n) is 5.63. The third-order valence-electron chi connectivity index (χ3n) is 3.18. The molecule has 0 saturated carbocycles. The summed E-state index contributed by atoms with van der Waals surface area (Å²) in [5.41, 5.74) is 8.80. The molecule has 18 heavy (non-hydrogen) atoms. The number of hydrogen-bond acceptors (Lipinski definition) is 3. The van der Waals surface area contributed by atoms with Crippen LogP contribution >= 0.6 is 0 Å². The summed E-state index contributed by atoms with van der Waals surface area (Å²) in [4.78, 5) is 0. The van der Waals surface area contributed by atoms with Crippen molar-refractivity contribution < 1.29 is 4.74 Å². The molecule has 0 aliphatic rings. The summed E-state index contributed by atoms with van der Waals surface area (Å²) in [5.74, 6) is 1.37. The predicted octanol–water partition coefficient (Wildman–Crippen LogP) is 2.16. The van der Waals surface area contributed by atoms with Gasteiger partial charge in [-0.15, -0.1) is 0 Å². The summed E-state index contributed by atoms with van der Waals surface area (Å²) in [7, 11) is 3.68. The molecule has 0 unspecified atom stereocenters. The maximum absolute atomic E-state index is 5.87. The van der Waals surface area contributed by atoms with Crippen LogP contribution in [0.1, 0.15) is 0 Å². The number of nitrogens with two attached hydrogens (primary N) is 1. The second kappa shape index (κ2) is 3.80. The van der Waals surface area contributed by atoms with E-state index < -0.39 is 0 Å². The summed E-state index contributed by atoms with van der Waals surface area (Å²) in [6, 6.07) is 6.09. The largest absolute Gasteiger partial charge is 0.495 e. The standard InChI is InChI=1S/C13H14N4O/c1-17-6-5-9-11(17)4-3-8(12(9)18-2)10-7-15-16-13(10)14/h3-7H,1-2H3,(H3,14,15,16). The van der Waals surface area contributed by atoms with Crippen molar-refractivity contribution in [3.63, 3.8) is 0 Å². The summed E-state index contributed by atoms with van der Waals surface area (Å²) in [6.07, 6.45) is 3.72. The Morgan fingerprint density at radius 3 is 2.78 bits per heavy atom. The zero-order valence-corrected chi connectivity index (χ0v) is 10.3. The van der Waals surface area contributed by atoms with Crippen molar-refractivity contribution >= 4 is 16.7 Å². The molecule has 0 aliphatic heterocycles. The molecule has 0 amide bonds. The van der Waals surface area contributed by atoms with Gasteiger partial charge in [0.05, 0.1) is 18.8 Å². The molecule has 0 bridgehead atoms. The number of ether oxygens (including phenoxy) is 1. The van der Waals surface area contributed by atoms with Crippen molar-refractivity contribution in [1.29, 1.82) is 0 Å². The lowest BCUT2D eigenvalue weighted by Gasteiger charge is -2.09. The van der Waals surface area contributed by atoms with Crippen LogP contribution in [0.2, 0.25) is 0 Å². The van der Waals surface area contributed by atoms with Crippen LogP contribution < -0.4 is 10.5 Å². The Hall–Kier alpha value is -2.43. The van der Waals surface area contributed by atoms with Gasteiger partial charge in [0.2, 0.25) is 0 Å². The van der Waals surface area contributed by atoms with E-state index in [-0.39, 0.29) is 0 Å². The van der Waals surface area contributed by atoms with Crippen LogP contribution in [0.3, 0.4) is 0 Å². The van der Waals surface area contributed by atoms with Crippen LogP contribution in [0.15, 0.2) is 30.6 Å². The molecule has 3 aromatic rings. The third kappa shape index (κ3) is 1.37. The van der Waals surface area contributed by atoms with Gasteiger partial charge in [0.15, 0.2) is 0 Å². The van der Waals surface area contributed by atoms with E-state index in [9.17, 15) is 0 Å². The van der Waals surface area contributed by atoms with Crippen molar-refractivity contribution in [2.75, 3.05) is 12.8 Å². The number of nitrogens with zero attached hydrogens (tertiary/aromatic N) is 2. The van der Waals surface area contributed by atoms with Gasteiger partial charge < -0.3 is 15.0 Å². The number of nitrogens with one attached hydrogen (secondary N) is 1. The highest BCUT2D eigenvalue weighted by molar-refractivity contribution is 5.95. The van der Waals surface area contributed by atoms with Gasteiger partial charge in [0, 0.05) is 29.8 Å². The fourth-order valence-corrected chi connectivity index (χ4v) is 2.27. The minimum atomic E-state index is 0.545. The molecule has 1 aromatic carbocycles. The topological polar surface area (TPSA) is 68.9 Å². The highest BCUT2D eigenvalue weighted by Gasteiger charge is 2.14. The number of H-pyrrole nitrogens is 1. The first-order valence-corrected chi connectivity index (χ1v) is 5.63. The molecule has 0 atom stereocenters. The summed E-state index contributed by atoms with van der Waals surface area (Å²) < 4.78 is 7.60. The number of fused-ring (bicyclic) bond motifs is 1. The monoisotopic (exact) mass is 242 g/mol. The van der Waals surface area contributed by atoms with Gasteiger partial charge in [-0.2, -0.15) is 5.10 Å². The van der Waals surface area contributed by atoms with Crippen molar-refractivity contribution in [3.8, 4) is 16.9 Å². The normalized spacial score (nSPS) is 11.0. The second-order valence-corrected chi connectivity index (χ2v) is 4.20. The predicted molar refractivity (Wildman–Crippen MR) is 71.5 cm³/mol. The van der Waals surface area contributed by atoms with Gasteiger partial charge in [-0.3, -0.25) is 5.10 Å². The van der Waals surface area contributed by atoms with E-state index in [1.165, 1.54) is 0 Å². The molecule has 2 heterocycles. The van der Waals surface area contributed by atoms with Crippen LogP contribution in [0.25, 0.3) is 22.0 Å². The molecule has 5 heteroatoms. The number of aromatic amines is 1. The Bertz CT molecular complexity index is 711. The average Bonchev–Trinajstić information content (AvgIpc) is 2.95. The van der Waals surface area contributed by atoms with E-state index in [2.05, 4.69) is 20.8 Å². The van der Waals surface area contributed by atoms with E-state index >= 15 is 0 Å². The first-order chi connectivity index (χ1) is 8.72. The number of aryl methyl sites for hydroxylation is 1. The van der Waals surface area contributed by atoms with Crippen LogP contribution in [0, 0.1) is 0 Å². The Labute approximate surface area is 104 Å². The molecular formula is C13H14N4O. The number of methoxy groups -OCH3 is 1. The second-order valence-electron chi connectivity index (χ2n) is 4.20. The van der Waals surface area contributed by atoms with Crippen LogP contribution in [-0.2, 0) is 7.05 Å². The average molecular weight is 242 g/mol. The van der Waals surface area contributed by atoms with E-state index in [0.29, 0.717) is 5.82 Å². The fourth-order valence-electron chi connectivity index (χ4n) is 2.27. The van der Waals surface area contributed by atoms with Gasteiger partial charge in [-0.25, -0.2) is 0 Å². The zero-order chi connectivity index (χ0) is 12.7. The number of hydrogen-bond donors (Lipinski definition) is 2. The smallest absolute Gasteiger partial charge is 0.136 e. The Balaban J connectivity index is 2.34. The summed E-state index contributed by atoms with van der Waals surface area (Å²) in [5, 5.41) is 7.75. The summed E-state index contributed by atoms with van der Waals surface area (Å²) >= 11 is 0. The quantitative estimate of drug-likeness (QED) is 0.723. The van der Waals surface area contributed by atoms with Gasteiger partial charge >= 0.3 is 0 Å². The van der Waals surface area contributed by atoms with Crippen molar-refractivity contribution in [2.45, 2.75) is 0 Å². The van der Waals surface area contributed by atoms with Crippen LogP contribution in [0.5, 0.6) is 5.75 Å². The van der Waals surface area contributed by atoms with Crippen molar-refractivity contribution in [1.82, 2.24) is 14.8 Å². The van der Waals surface area contributed by atoms with Crippen molar-refractivity contribution in [3.05, 3.63) is 30.6 Å². The molecular weight excluding hydrogens is 228 g/mol. The van der Waals surface area contributed by atoms with Gasteiger partial charge in [-0.05, 0) is 18.2 Å². The first kappa shape index (κ1) is 10.7. The Morgan fingerprint density at radius 2 is 2.11 bits per heavy atom. The molecule has 0 spiro atoms. The summed E-state index contributed by atoms with van der Waals surface area (Å²) in [6.45, 7) is 0. The van der Waals surface area contributed by atoms with Crippen LogP contribution in [-0.4, -0.2) is 21.9 Å². The van der Waals surface area contributed by atoms with Crippen LogP contribution in [0.4, 0.5) is 5.82 Å². The van der Waals surface area contributed by atoms with E-state index in [0.717, 1.165) is 27.8 Å². The molecule has 3 rings (SSSR count). The highest BCUT2D eigenvalue weighted by Crippen LogP contribution is 2.38. The van der Waals surface area contributed by atoms with Gasteiger partial charge in [0.25, 0.3) is 0 Å². The Kier molecular flexibility index (Phi) is 2.26. The maximum Gasteiger partial charge on any atom is 0.136 e. The SMILES string of the molecule is COc1c(-c2cn[nH]c2N)ccc2c1ccn2C. The molecule has 0 fully saturated rings.